The van der Waals surface area contributed by atoms with Gasteiger partial charge in [-0.25, -0.2) is 0 Å². The molecule has 0 aliphatic heterocycles. The van der Waals surface area contributed by atoms with E-state index in [2.05, 4.69) is 32.9 Å². The molecule has 0 aliphatic carbocycles. The van der Waals surface area contributed by atoms with Crippen molar-refractivity contribution in [3.63, 3.8) is 0 Å². The van der Waals surface area contributed by atoms with Crippen LogP contribution in [0.25, 0.3) is 11.1 Å². The second-order valence-electron chi connectivity index (χ2n) is 4.23. The molecule has 2 aromatic rings. The van der Waals surface area contributed by atoms with E-state index in [4.69, 9.17) is 0 Å². The molecular formula is C15H16O. The minimum absolute atomic E-state index is 0.315. The van der Waals surface area contributed by atoms with E-state index in [0.717, 1.165) is 5.56 Å². The summed E-state index contributed by atoms with van der Waals surface area (Å²) in [5, 5.41) is 9.49. The maximum atomic E-state index is 9.49. The molecule has 0 amide bonds. The zero-order valence-electron chi connectivity index (χ0n) is 9.91. The van der Waals surface area contributed by atoms with Crippen molar-refractivity contribution in [1.29, 1.82) is 0 Å². The van der Waals surface area contributed by atoms with Gasteiger partial charge in [-0.1, -0.05) is 24.3 Å². The van der Waals surface area contributed by atoms with Crippen molar-refractivity contribution < 1.29 is 5.11 Å². The lowest BCUT2D eigenvalue weighted by Gasteiger charge is -2.11. The van der Waals surface area contributed by atoms with Crippen molar-refractivity contribution in [2.45, 2.75) is 20.8 Å². The summed E-state index contributed by atoms with van der Waals surface area (Å²) in [6.45, 7) is 6.38. The molecule has 0 aromatic heterocycles. The molecule has 0 unspecified atom stereocenters. The third-order valence-electron chi connectivity index (χ3n) is 3.22. The molecule has 0 saturated heterocycles. The molecule has 0 radical (unpaired) electrons. The van der Waals surface area contributed by atoms with Crippen LogP contribution >= 0.6 is 0 Å². The lowest BCUT2D eigenvalue weighted by molar-refractivity contribution is 0.475. The molecule has 2 rings (SSSR count). The van der Waals surface area contributed by atoms with Gasteiger partial charge in [0.1, 0.15) is 5.75 Å². The van der Waals surface area contributed by atoms with Crippen LogP contribution in [-0.2, 0) is 0 Å². The van der Waals surface area contributed by atoms with Gasteiger partial charge in [0.05, 0.1) is 0 Å². The predicted molar refractivity (Wildman–Crippen MR) is 67.8 cm³/mol. The first-order chi connectivity index (χ1) is 7.59. The Morgan fingerprint density at radius 1 is 0.875 bits per heavy atom. The molecule has 2 aromatic carbocycles. The van der Waals surface area contributed by atoms with E-state index in [1.807, 2.05) is 12.1 Å². The van der Waals surface area contributed by atoms with Gasteiger partial charge in [0.15, 0.2) is 0 Å². The molecule has 0 heterocycles. The average Bonchev–Trinajstić information content (AvgIpc) is 2.26. The number of phenols is 1. The van der Waals surface area contributed by atoms with Crippen LogP contribution in [0.1, 0.15) is 16.7 Å². The number of rotatable bonds is 1. The number of aryl methyl sites for hydroxylation is 1. The summed E-state index contributed by atoms with van der Waals surface area (Å²) in [6.07, 6.45) is 0. The van der Waals surface area contributed by atoms with Gasteiger partial charge >= 0.3 is 0 Å². The molecule has 0 fully saturated rings. The predicted octanol–water partition coefficient (Wildman–Crippen LogP) is 3.98. The molecule has 0 aliphatic rings. The second kappa shape index (κ2) is 4.01. The van der Waals surface area contributed by atoms with Crippen LogP contribution in [-0.4, -0.2) is 5.11 Å². The standard InChI is InChI=1S/C15H16O/c1-10-7-8-15(12(3)11(10)2)13-5-4-6-14(16)9-13/h4-9,16H,1-3H3. The van der Waals surface area contributed by atoms with Gasteiger partial charge in [-0.15, -0.1) is 0 Å². The minimum atomic E-state index is 0.315. The molecule has 82 valence electrons. The van der Waals surface area contributed by atoms with Gasteiger partial charge in [-0.05, 0) is 60.7 Å². The third kappa shape index (κ3) is 1.81. The van der Waals surface area contributed by atoms with Crippen LogP contribution in [0.4, 0.5) is 0 Å². The number of hydrogen-bond acceptors (Lipinski definition) is 1. The number of benzene rings is 2. The largest absolute Gasteiger partial charge is 0.508 e. The Hall–Kier alpha value is -1.76. The maximum Gasteiger partial charge on any atom is 0.116 e. The maximum absolute atomic E-state index is 9.49. The fourth-order valence-electron chi connectivity index (χ4n) is 1.94. The summed E-state index contributed by atoms with van der Waals surface area (Å²) >= 11 is 0. The van der Waals surface area contributed by atoms with Crippen molar-refractivity contribution in [2.75, 3.05) is 0 Å². The first-order valence-corrected chi connectivity index (χ1v) is 5.46. The van der Waals surface area contributed by atoms with E-state index in [9.17, 15) is 5.11 Å². The zero-order chi connectivity index (χ0) is 11.7. The van der Waals surface area contributed by atoms with Gasteiger partial charge < -0.3 is 5.11 Å². The van der Waals surface area contributed by atoms with E-state index in [0.29, 0.717) is 5.75 Å². The van der Waals surface area contributed by atoms with Crippen molar-refractivity contribution in [1.82, 2.24) is 0 Å². The van der Waals surface area contributed by atoms with Crippen molar-refractivity contribution in [2.24, 2.45) is 0 Å². The Morgan fingerprint density at radius 3 is 2.31 bits per heavy atom. The molecule has 0 saturated carbocycles. The number of hydrogen-bond donors (Lipinski definition) is 1. The van der Waals surface area contributed by atoms with Crippen LogP contribution in [0.15, 0.2) is 36.4 Å². The zero-order valence-corrected chi connectivity index (χ0v) is 9.91. The molecule has 0 atom stereocenters. The highest BCUT2D eigenvalue weighted by molar-refractivity contribution is 5.70. The Morgan fingerprint density at radius 2 is 1.62 bits per heavy atom. The van der Waals surface area contributed by atoms with E-state index >= 15 is 0 Å². The fraction of sp³-hybridized carbons (Fsp3) is 0.200. The smallest absolute Gasteiger partial charge is 0.116 e. The lowest BCUT2D eigenvalue weighted by Crippen LogP contribution is -1.90. The van der Waals surface area contributed by atoms with Crippen molar-refractivity contribution >= 4 is 0 Å². The minimum Gasteiger partial charge on any atom is -0.508 e. The molecular weight excluding hydrogens is 196 g/mol. The van der Waals surface area contributed by atoms with Gasteiger partial charge in [-0.3, -0.25) is 0 Å². The Balaban J connectivity index is 2.61. The fourth-order valence-corrected chi connectivity index (χ4v) is 1.94. The van der Waals surface area contributed by atoms with Gasteiger partial charge in [0.25, 0.3) is 0 Å². The van der Waals surface area contributed by atoms with E-state index < -0.39 is 0 Å². The Kier molecular flexibility index (Phi) is 2.69. The molecule has 1 heteroatoms. The van der Waals surface area contributed by atoms with Gasteiger partial charge in [0.2, 0.25) is 0 Å². The van der Waals surface area contributed by atoms with Crippen LogP contribution in [0.3, 0.4) is 0 Å². The highest BCUT2D eigenvalue weighted by Gasteiger charge is 2.06. The van der Waals surface area contributed by atoms with Crippen LogP contribution in [0.5, 0.6) is 5.75 Å². The van der Waals surface area contributed by atoms with Gasteiger partial charge in [-0.2, -0.15) is 0 Å². The van der Waals surface area contributed by atoms with Crippen LogP contribution in [0, 0.1) is 20.8 Å². The summed E-state index contributed by atoms with van der Waals surface area (Å²) in [7, 11) is 0. The quantitative estimate of drug-likeness (QED) is 0.758. The first kappa shape index (κ1) is 10.7. The molecule has 1 N–H and O–H groups in total. The topological polar surface area (TPSA) is 20.2 Å². The Labute approximate surface area is 96.4 Å². The van der Waals surface area contributed by atoms with E-state index in [1.54, 1.807) is 12.1 Å². The van der Waals surface area contributed by atoms with Gasteiger partial charge in [0, 0.05) is 0 Å². The molecule has 16 heavy (non-hydrogen) atoms. The lowest BCUT2D eigenvalue weighted by atomic mass is 9.94. The summed E-state index contributed by atoms with van der Waals surface area (Å²) in [5.74, 6) is 0.315. The first-order valence-electron chi connectivity index (χ1n) is 5.46. The van der Waals surface area contributed by atoms with Crippen molar-refractivity contribution in [3.8, 4) is 16.9 Å². The monoisotopic (exact) mass is 212 g/mol. The summed E-state index contributed by atoms with van der Waals surface area (Å²) in [5.41, 5.74) is 6.17. The highest BCUT2D eigenvalue weighted by Crippen LogP contribution is 2.29. The third-order valence-corrected chi connectivity index (χ3v) is 3.22. The molecule has 0 spiro atoms. The second-order valence-corrected chi connectivity index (χ2v) is 4.23. The van der Waals surface area contributed by atoms with Crippen molar-refractivity contribution in [3.05, 3.63) is 53.1 Å². The van der Waals surface area contributed by atoms with Crippen LogP contribution in [0.2, 0.25) is 0 Å². The van der Waals surface area contributed by atoms with Crippen LogP contribution < -0.4 is 0 Å². The number of phenolic OH excluding ortho intramolecular Hbond substituents is 1. The molecule has 0 bridgehead atoms. The van der Waals surface area contributed by atoms with E-state index in [1.165, 1.54) is 22.3 Å². The van der Waals surface area contributed by atoms with E-state index in [-0.39, 0.29) is 0 Å². The number of aromatic hydroxyl groups is 1. The summed E-state index contributed by atoms with van der Waals surface area (Å²) in [6, 6.07) is 11.6. The molecule has 1 nitrogen and oxygen atoms in total. The summed E-state index contributed by atoms with van der Waals surface area (Å²) in [4.78, 5) is 0. The SMILES string of the molecule is Cc1ccc(-c2cccc(O)c2)c(C)c1C. The Bertz CT molecular complexity index is 527. The average molecular weight is 212 g/mol. The summed E-state index contributed by atoms with van der Waals surface area (Å²) < 4.78 is 0. The normalized spacial score (nSPS) is 10.4. The highest BCUT2D eigenvalue weighted by atomic mass is 16.3.